The SMILES string of the molecule is CCC1(C)CCCC(C)(C)N1c1nc(N2C(C)(C)CCCC2(C)CC)nc(N2C(C)(C)CC(O)CC2(C)CC)n1. The zero-order valence-corrected chi connectivity index (χ0v) is 28.0. The van der Waals surface area contributed by atoms with E-state index in [0.717, 1.165) is 62.8 Å². The molecule has 0 aromatic carbocycles. The quantitative estimate of drug-likeness (QED) is 0.386. The van der Waals surface area contributed by atoms with Crippen LogP contribution in [0.3, 0.4) is 0 Å². The van der Waals surface area contributed by atoms with E-state index in [4.69, 9.17) is 15.0 Å². The Hall–Kier alpha value is -1.63. The van der Waals surface area contributed by atoms with Crippen molar-refractivity contribution in [2.75, 3.05) is 14.7 Å². The molecule has 1 aromatic rings. The lowest BCUT2D eigenvalue weighted by Crippen LogP contribution is -2.65. The van der Waals surface area contributed by atoms with Crippen LogP contribution >= 0.6 is 0 Å². The Bertz CT molecular complexity index is 1010. The fraction of sp³-hybridized carbons (Fsp3) is 0.909. The lowest BCUT2D eigenvalue weighted by Gasteiger charge is -2.57. The molecule has 3 saturated heterocycles. The zero-order valence-electron chi connectivity index (χ0n) is 28.0. The van der Waals surface area contributed by atoms with Gasteiger partial charge >= 0.3 is 0 Å². The maximum Gasteiger partial charge on any atom is 0.232 e. The van der Waals surface area contributed by atoms with E-state index in [1.807, 2.05) is 0 Å². The van der Waals surface area contributed by atoms with Gasteiger partial charge < -0.3 is 19.8 Å². The van der Waals surface area contributed by atoms with E-state index >= 15 is 0 Å². The average Bonchev–Trinajstić information content (AvgIpc) is 2.81. The standard InChI is InChI=1S/C33H60N6O/c1-13-31(10)20-16-18-28(4,5)37(31)25-34-26(38-29(6,7)19-17-21-32(38,11)14-2)36-27(35-25)39-30(8,9)22-24(40)23-33(39,12)15-3/h24,40H,13-23H2,1-12H3. The molecular weight excluding hydrogens is 496 g/mol. The first-order valence-electron chi connectivity index (χ1n) is 16.2. The number of anilines is 3. The summed E-state index contributed by atoms with van der Waals surface area (Å²) in [6.07, 6.45) is 11.0. The summed E-state index contributed by atoms with van der Waals surface area (Å²) in [7, 11) is 0. The van der Waals surface area contributed by atoms with Gasteiger partial charge in [-0.05, 0) is 133 Å². The maximum absolute atomic E-state index is 10.9. The number of aromatic nitrogens is 3. The highest BCUT2D eigenvalue weighted by Gasteiger charge is 2.51. The van der Waals surface area contributed by atoms with Crippen molar-refractivity contribution < 1.29 is 5.11 Å². The molecule has 40 heavy (non-hydrogen) atoms. The van der Waals surface area contributed by atoms with Gasteiger partial charge in [-0.2, -0.15) is 15.0 Å². The minimum absolute atomic E-state index is 0.0230. The molecule has 4 atom stereocenters. The third-order valence-electron chi connectivity index (χ3n) is 11.3. The van der Waals surface area contributed by atoms with E-state index in [2.05, 4.69) is 97.8 Å². The second-order valence-electron chi connectivity index (χ2n) is 16.0. The first-order chi connectivity index (χ1) is 18.4. The summed E-state index contributed by atoms with van der Waals surface area (Å²) in [6, 6.07) is 0. The van der Waals surface area contributed by atoms with Crippen LogP contribution in [-0.2, 0) is 0 Å². The molecule has 7 nitrogen and oxygen atoms in total. The van der Waals surface area contributed by atoms with Gasteiger partial charge in [-0.3, -0.25) is 0 Å². The minimum Gasteiger partial charge on any atom is -0.393 e. The molecule has 0 amide bonds. The molecule has 3 aliphatic heterocycles. The van der Waals surface area contributed by atoms with Gasteiger partial charge in [0.2, 0.25) is 17.8 Å². The molecule has 228 valence electrons. The Morgan fingerprint density at radius 2 is 0.900 bits per heavy atom. The normalized spacial score (nSPS) is 35.6. The molecule has 0 saturated carbocycles. The summed E-state index contributed by atoms with van der Waals surface area (Å²) in [5, 5.41) is 10.9. The Morgan fingerprint density at radius 1 is 0.550 bits per heavy atom. The highest BCUT2D eigenvalue weighted by Crippen LogP contribution is 2.48. The summed E-state index contributed by atoms with van der Waals surface area (Å²) in [5.41, 5.74) is -0.725. The van der Waals surface area contributed by atoms with Gasteiger partial charge in [0.05, 0.1) is 6.10 Å². The number of hydrogen-bond acceptors (Lipinski definition) is 7. The predicted molar refractivity (Wildman–Crippen MR) is 169 cm³/mol. The van der Waals surface area contributed by atoms with Crippen LogP contribution in [0, 0.1) is 0 Å². The second-order valence-corrected chi connectivity index (χ2v) is 16.0. The molecular formula is C33H60N6O. The van der Waals surface area contributed by atoms with Crippen molar-refractivity contribution >= 4 is 17.8 Å². The van der Waals surface area contributed by atoms with Crippen molar-refractivity contribution in [2.45, 2.75) is 193 Å². The van der Waals surface area contributed by atoms with Crippen molar-refractivity contribution in [2.24, 2.45) is 0 Å². The highest BCUT2D eigenvalue weighted by molar-refractivity contribution is 5.55. The van der Waals surface area contributed by atoms with E-state index < -0.39 is 0 Å². The summed E-state index contributed by atoms with van der Waals surface area (Å²) in [4.78, 5) is 23.8. The number of hydrogen-bond donors (Lipinski definition) is 1. The monoisotopic (exact) mass is 556 g/mol. The predicted octanol–water partition coefficient (Wildman–Crippen LogP) is 7.66. The summed E-state index contributed by atoms with van der Waals surface area (Å²) in [6.45, 7) is 27.9. The summed E-state index contributed by atoms with van der Waals surface area (Å²) < 4.78 is 0. The van der Waals surface area contributed by atoms with E-state index in [0.29, 0.717) is 12.8 Å². The molecule has 1 aromatic heterocycles. The Balaban J connectivity index is 2.03. The van der Waals surface area contributed by atoms with Crippen molar-refractivity contribution in [1.82, 2.24) is 15.0 Å². The van der Waals surface area contributed by atoms with Gasteiger partial charge in [-0.1, -0.05) is 20.8 Å². The summed E-state index contributed by atoms with van der Waals surface area (Å²) >= 11 is 0. The highest BCUT2D eigenvalue weighted by atomic mass is 16.3. The third-order valence-corrected chi connectivity index (χ3v) is 11.3. The van der Waals surface area contributed by atoms with E-state index in [-0.39, 0.29) is 39.3 Å². The van der Waals surface area contributed by atoms with E-state index in [9.17, 15) is 5.11 Å². The van der Waals surface area contributed by atoms with Gasteiger partial charge in [0.1, 0.15) is 0 Å². The molecule has 7 heteroatoms. The van der Waals surface area contributed by atoms with E-state index in [1.165, 1.54) is 12.8 Å². The van der Waals surface area contributed by atoms with Gasteiger partial charge in [0.15, 0.2) is 0 Å². The fourth-order valence-electron chi connectivity index (χ4n) is 8.93. The third kappa shape index (κ3) is 5.22. The lowest BCUT2D eigenvalue weighted by molar-refractivity contribution is 0.0563. The first kappa shape index (κ1) is 31.3. The van der Waals surface area contributed by atoms with Crippen LogP contribution in [0.5, 0.6) is 0 Å². The van der Waals surface area contributed by atoms with Crippen LogP contribution < -0.4 is 14.7 Å². The van der Waals surface area contributed by atoms with Crippen molar-refractivity contribution in [3.63, 3.8) is 0 Å². The number of rotatable bonds is 6. The zero-order chi connectivity index (χ0) is 29.9. The van der Waals surface area contributed by atoms with Crippen molar-refractivity contribution in [3.8, 4) is 0 Å². The number of aliphatic hydroxyl groups is 1. The van der Waals surface area contributed by atoms with Gasteiger partial charge in [0.25, 0.3) is 0 Å². The molecule has 0 bridgehead atoms. The lowest BCUT2D eigenvalue weighted by atomic mass is 9.76. The Morgan fingerprint density at radius 3 is 1.25 bits per heavy atom. The second kappa shape index (κ2) is 10.3. The largest absolute Gasteiger partial charge is 0.393 e. The first-order valence-corrected chi connectivity index (χ1v) is 16.2. The van der Waals surface area contributed by atoms with Gasteiger partial charge in [0, 0.05) is 33.2 Å². The average molecular weight is 557 g/mol. The molecule has 0 spiro atoms. The van der Waals surface area contributed by atoms with Gasteiger partial charge in [-0.25, -0.2) is 0 Å². The van der Waals surface area contributed by atoms with E-state index in [1.54, 1.807) is 0 Å². The van der Waals surface area contributed by atoms with Crippen LogP contribution in [0.25, 0.3) is 0 Å². The smallest absolute Gasteiger partial charge is 0.232 e. The number of nitrogens with zero attached hydrogens (tertiary/aromatic N) is 6. The fourth-order valence-corrected chi connectivity index (χ4v) is 8.93. The van der Waals surface area contributed by atoms with Crippen LogP contribution in [0.1, 0.15) is 154 Å². The maximum atomic E-state index is 10.9. The van der Waals surface area contributed by atoms with Crippen molar-refractivity contribution in [3.05, 3.63) is 0 Å². The number of piperidine rings is 3. The molecule has 4 rings (SSSR count). The van der Waals surface area contributed by atoms with Crippen LogP contribution in [0.15, 0.2) is 0 Å². The number of aliphatic hydroxyl groups excluding tert-OH is 1. The van der Waals surface area contributed by atoms with Crippen LogP contribution in [-0.4, -0.2) is 59.4 Å². The Labute approximate surface area is 245 Å². The molecule has 3 fully saturated rings. The van der Waals surface area contributed by atoms with Gasteiger partial charge in [-0.15, -0.1) is 0 Å². The Kier molecular flexibility index (Phi) is 8.04. The molecule has 0 aliphatic carbocycles. The summed E-state index contributed by atoms with van der Waals surface area (Å²) in [5.74, 6) is 2.39. The molecule has 3 aliphatic rings. The topological polar surface area (TPSA) is 68.6 Å². The van der Waals surface area contributed by atoms with Crippen LogP contribution in [0.4, 0.5) is 17.8 Å². The molecule has 4 heterocycles. The van der Waals surface area contributed by atoms with Crippen LogP contribution in [0.2, 0.25) is 0 Å². The van der Waals surface area contributed by atoms with Crippen molar-refractivity contribution in [1.29, 1.82) is 0 Å². The molecule has 1 N–H and O–H groups in total. The molecule has 4 unspecified atom stereocenters. The molecule has 0 radical (unpaired) electrons. The minimum atomic E-state index is -0.328.